The summed E-state index contributed by atoms with van der Waals surface area (Å²) in [5.41, 5.74) is 1.32. The van der Waals surface area contributed by atoms with Crippen LogP contribution < -0.4 is 20.1 Å². The van der Waals surface area contributed by atoms with E-state index in [1.807, 2.05) is 26.0 Å². The highest BCUT2D eigenvalue weighted by Gasteiger charge is 2.26. The Morgan fingerprint density at radius 2 is 1.86 bits per heavy atom. The standard InChI is InChI=1S/C22H25ClN2O4/c1-3-14(2)19(25-21(26)16-7-5-4-6-8-16)22(27)24-13-15-11-17(23)20-18(12-15)28-9-10-29-20/h4-8,11-12,14,19H,3,9-10,13H2,1-2H3,(H,24,27)(H,25,26). The van der Waals surface area contributed by atoms with Crippen molar-refractivity contribution in [3.05, 3.63) is 58.6 Å². The molecular formula is C22H25ClN2O4. The molecule has 2 aromatic carbocycles. The van der Waals surface area contributed by atoms with Gasteiger partial charge in [0, 0.05) is 12.1 Å². The largest absolute Gasteiger partial charge is 0.486 e. The summed E-state index contributed by atoms with van der Waals surface area (Å²) in [6.07, 6.45) is 0.753. The predicted octanol–water partition coefficient (Wildman–Crippen LogP) is 3.57. The summed E-state index contributed by atoms with van der Waals surface area (Å²) < 4.78 is 11.1. The summed E-state index contributed by atoms with van der Waals surface area (Å²) in [6.45, 7) is 5.11. The lowest BCUT2D eigenvalue weighted by Crippen LogP contribution is -2.50. The van der Waals surface area contributed by atoms with E-state index in [9.17, 15) is 9.59 Å². The quantitative estimate of drug-likeness (QED) is 0.723. The van der Waals surface area contributed by atoms with Gasteiger partial charge in [0.05, 0.1) is 5.02 Å². The number of hydrogen-bond donors (Lipinski definition) is 2. The van der Waals surface area contributed by atoms with Crippen LogP contribution in [0.5, 0.6) is 11.5 Å². The molecule has 2 amide bonds. The van der Waals surface area contributed by atoms with E-state index in [1.54, 1.807) is 30.3 Å². The van der Waals surface area contributed by atoms with Gasteiger partial charge < -0.3 is 20.1 Å². The zero-order valence-corrected chi connectivity index (χ0v) is 17.3. The second-order valence-corrected chi connectivity index (χ2v) is 7.43. The third-order valence-electron chi connectivity index (χ3n) is 4.94. The van der Waals surface area contributed by atoms with E-state index in [1.165, 1.54) is 0 Å². The average molecular weight is 417 g/mol. The maximum Gasteiger partial charge on any atom is 0.251 e. The molecule has 1 heterocycles. The number of benzene rings is 2. The average Bonchev–Trinajstić information content (AvgIpc) is 2.75. The molecule has 0 saturated carbocycles. The first-order chi connectivity index (χ1) is 14.0. The van der Waals surface area contributed by atoms with E-state index in [4.69, 9.17) is 21.1 Å². The smallest absolute Gasteiger partial charge is 0.251 e. The summed E-state index contributed by atoms with van der Waals surface area (Å²) >= 11 is 6.26. The summed E-state index contributed by atoms with van der Waals surface area (Å²) in [5, 5.41) is 6.20. The van der Waals surface area contributed by atoms with Crippen LogP contribution in [0.3, 0.4) is 0 Å². The minimum Gasteiger partial charge on any atom is -0.486 e. The Labute approximate surface area is 175 Å². The molecule has 0 aromatic heterocycles. The molecule has 0 bridgehead atoms. The van der Waals surface area contributed by atoms with Crippen molar-refractivity contribution < 1.29 is 19.1 Å². The molecule has 2 N–H and O–H groups in total. The molecule has 0 fully saturated rings. The fourth-order valence-corrected chi connectivity index (χ4v) is 3.37. The molecule has 3 rings (SSSR count). The molecule has 29 heavy (non-hydrogen) atoms. The van der Waals surface area contributed by atoms with Crippen molar-refractivity contribution in [2.45, 2.75) is 32.9 Å². The van der Waals surface area contributed by atoms with Crippen molar-refractivity contribution >= 4 is 23.4 Å². The summed E-state index contributed by atoms with van der Waals surface area (Å²) in [5.74, 6) is 0.569. The molecule has 1 aliphatic rings. The van der Waals surface area contributed by atoms with E-state index < -0.39 is 6.04 Å². The number of halogens is 1. The maximum atomic E-state index is 12.8. The van der Waals surface area contributed by atoms with Crippen LogP contribution in [-0.2, 0) is 11.3 Å². The van der Waals surface area contributed by atoms with Gasteiger partial charge in [-0.2, -0.15) is 0 Å². The third-order valence-corrected chi connectivity index (χ3v) is 5.22. The first kappa shape index (κ1) is 21.0. The van der Waals surface area contributed by atoms with Crippen molar-refractivity contribution in [3.8, 4) is 11.5 Å². The van der Waals surface area contributed by atoms with Crippen molar-refractivity contribution in [3.63, 3.8) is 0 Å². The molecule has 0 spiro atoms. The second-order valence-electron chi connectivity index (χ2n) is 7.02. The number of carbonyl (C=O) groups excluding carboxylic acids is 2. The molecule has 0 aliphatic carbocycles. The van der Waals surface area contributed by atoms with Crippen LogP contribution in [0.15, 0.2) is 42.5 Å². The van der Waals surface area contributed by atoms with Gasteiger partial charge in [-0.05, 0) is 35.7 Å². The minimum absolute atomic E-state index is 0.0217. The monoisotopic (exact) mass is 416 g/mol. The van der Waals surface area contributed by atoms with Gasteiger partial charge in [0.2, 0.25) is 5.91 Å². The first-order valence-electron chi connectivity index (χ1n) is 9.71. The molecule has 154 valence electrons. The zero-order chi connectivity index (χ0) is 20.8. The van der Waals surface area contributed by atoms with Crippen LogP contribution in [0.25, 0.3) is 0 Å². The van der Waals surface area contributed by atoms with E-state index in [-0.39, 0.29) is 24.3 Å². The van der Waals surface area contributed by atoms with Gasteiger partial charge in [0.25, 0.3) is 5.91 Å². The Hall–Kier alpha value is -2.73. The number of nitrogens with one attached hydrogen (secondary N) is 2. The first-order valence-corrected chi connectivity index (χ1v) is 10.1. The Balaban J connectivity index is 1.67. The SMILES string of the molecule is CCC(C)C(NC(=O)c1ccccc1)C(=O)NCc1cc(Cl)c2c(c1)OCCO2. The van der Waals surface area contributed by atoms with Gasteiger partial charge in [-0.15, -0.1) is 0 Å². The molecule has 1 aliphatic heterocycles. The zero-order valence-electron chi connectivity index (χ0n) is 16.5. The topological polar surface area (TPSA) is 76.7 Å². The van der Waals surface area contributed by atoms with E-state index in [0.29, 0.717) is 35.3 Å². The van der Waals surface area contributed by atoms with Gasteiger partial charge in [0.15, 0.2) is 11.5 Å². The lowest BCUT2D eigenvalue weighted by Gasteiger charge is -2.24. The predicted molar refractivity (Wildman–Crippen MR) is 111 cm³/mol. The summed E-state index contributed by atoms with van der Waals surface area (Å²) in [4.78, 5) is 25.4. The molecule has 0 saturated heterocycles. The van der Waals surface area contributed by atoms with Gasteiger partial charge in [-0.3, -0.25) is 9.59 Å². The Kier molecular flexibility index (Phi) is 6.99. The highest BCUT2D eigenvalue weighted by Crippen LogP contribution is 2.38. The summed E-state index contributed by atoms with van der Waals surface area (Å²) in [7, 11) is 0. The Bertz CT molecular complexity index is 873. The number of amides is 2. The van der Waals surface area contributed by atoms with Gasteiger partial charge in [0.1, 0.15) is 19.3 Å². The van der Waals surface area contributed by atoms with Crippen molar-refractivity contribution in [1.29, 1.82) is 0 Å². The van der Waals surface area contributed by atoms with Crippen molar-refractivity contribution in [1.82, 2.24) is 10.6 Å². The molecule has 7 heteroatoms. The van der Waals surface area contributed by atoms with Crippen LogP contribution in [0, 0.1) is 5.92 Å². The molecule has 0 radical (unpaired) electrons. The number of hydrogen-bond acceptors (Lipinski definition) is 4. The lowest BCUT2D eigenvalue weighted by molar-refractivity contribution is -0.124. The van der Waals surface area contributed by atoms with Crippen LogP contribution in [0.4, 0.5) is 0 Å². The van der Waals surface area contributed by atoms with Gasteiger partial charge in [-0.25, -0.2) is 0 Å². The number of carbonyl (C=O) groups is 2. The Morgan fingerprint density at radius 3 is 2.59 bits per heavy atom. The van der Waals surface area contributed by atoms with E-state index in [2.05, 4.69) is 10.6 Å². The molecular weight excluding hydrogens is 392 g/mol. The number of ether oxygens (including phenoxy) is 2. The molecule has 2 aromatic rings. The fraction of sp³-hybridized carbons (Fsp3) is 0.364. The normalized spacial score (nSPS) is 14.6. The third kappa shape index (κ3) is 5.21. The second kappa shape index (κ2) is 9.65. The molecule has 2 atom stereocenters. The maximum absolute atomic E-state index is 12.8. The van der Waals surface area contributed by atoms with Gasteiger partial charge in [-0.1, -0.05) is 50.1 Å². The fourth-order valence-electron chi connectivity index (χ4n) is 3.08. The van der Waals surface area contributed by atoms with Crippen LogP contribution in [0.1, 0.15) is 36.2 Å². The number of fused-ring (bicyclic) bond motifs is 1. The molecule has 6 nitrogen and oxygen atoms in total. The Morgan fingerprint density at radius 1 is 1.14 bits per heavy atom. The van der Waals surface area contributed by atoms with Crippen LogP contribution in [-0.4, -0.2) is 31.1 Å². The van der Waals surface area contributed by atoms with Crippen LogP contribution in [0.2, 0.25) is 5.02 Å². The van der Waals surface area contributed by atoms with E-state index >= 15 is 0 Å². The van der Waals surface area contributed by atoms with Crippen LogP contribution >= 0.6 is 11.6 Å². The minimum atomic E-state index is -0.639. The summed E-state index contributed by atoms with van der Waals surface area (Å²) in [6, 6.07) is 11.8. The highest BCUT2D eigenvalue weighted by molar-refractivity contribution is 6.32. The van der Waals surface area contributed by atoms with Crippen molar-refractivity contribution in [2.24, 2.45) is 5.92 Å². The lowest BCUT2D eigenvalue weighted by atomic mass is 9.97. The molecule has 2 unspecified atom stereocenters. The highest BCUT2D eigenvalue weighted by atomic mass is 35.5. The van der Waals surface area contributed by atoms with Crippen molar-refractivity contribution in [2.75, 3.05) is 13.2 Å². The van der Waals surface area contributed by atoms with E-state index in [0.717, 1.165) is 12.0 Å². The van der Waals surface area contributed by atoms with Gasteiger partial charge >= 0.3 is 0 Å². The number of rotatable bonds is 7.